The van der Waals surface area contributed by atoms with Gasteiger partial charge < -0.3 is 21.3 Å². The summed E-state index contributed by atoms with van der Waals surface area (Å²) in [4.78, 5) is 28.1. The van der Waals surface area contributed by atoms with Crippen LogP contribution in [-0.2, 0) is 9.59 Å². The Labute approximate surface area is 159 Å². The fraction of sp³-hybridized carbons (Fsp3) is 0.889. The minimum Gasteiger partial charge on any atom is -0.347 e. The molecule has 0 aliphatic heterocycles. The highest BCUT2D eigenvalue weighted by molar-refractivity contribution is 6.35. The van der Waals surface area contributed by atoms with Crippen molar-refractivity contribution in [3.05, 3.63) is 0 Å². The number of rotatable bonds is 14. The molecule has 0 aromatic carbocycles. The topological polar surface area (TPSA) is 88.7 Å². The molecule has 0 spiro atoms. The van der Waals surface area contributed by atoms with Gasteiger partial charge >= 0.3 is 11.8 Å². The number of carbonyl (C=O) groups is 2. The first kappa shape index (κ1) is 24.8. The van der Waals surface area contributed by atoms with E-state index in [1.807, 2.05) is 0 Å². The molecule has 0 rings (SSSR count). The molecule has 8 heteroatoms. The van der Waals surface area contributed by atoms with E-state index in [1.165, 1.54) is 0 Å². The number of hydrogen-bond acceptors (Lipinski definition) is 6. The van der Waals surface area contributed by atoms with Crippen molar-refractivity contribution in [2.45, 2.75) is 53.9 Å². The molecule has 0 aliphatic carbocycles. The van der Waals surface area contributed by atoms with Crippen molar-refractivity contribution in [2.75, 3.05) is 52.4 Å². The average molecular weight is 373 g/mol. The monoisotopic (exact) mass is 372 g/mol. The summed E-state index contributed by atoms with van der Waals surface area (Å²) in [5, 5.41) is 11.9. The number of carbonyl (C=O) groups excluding carboxylic acids is 2. The first-order valence-corrected chi connectivity index (χ1v) is 9.91. The Kier molecular flexibility index (Phi) is 14.2. The molecule has 0 fully saturated rings. The minimum atomic E-state index is -0.584. The molecular formula is C18H40N6O2. The van der Waals surface area contributed by atoms with Crippen LogP contribution in [0.1, 0.15) is 41.5 Å². The Morgan fingerprint density at radius 1 is 0.654 bits per heavy atom. The fourth-order valence-corrected chi connectivity index (χ4v) is 2.88. The summed E-state index contributed by atoms with van der Waals surface area (Å²) in [6.07, 6.45) is 0.490. The van der Waals surface area contributed by atoms with Crippen LogP contribution in [-0.4, -0.2) is 86.3 Å². The van der Waals surface area contributed by atoms with E-state index < -0.39 is 11.8 Å². The highest BCUT2D eigenvalue weighted by Gasteiger charge is 2.13. The summed E-state index contributed by atoms with van der Waals surface area (Å²) in [5.41, 5.74) is 0. The van der Waals surface area contributed by atoms with Crippen LogP contribution >= 0.6 is 0 Å². The van der Waals surface area contributed by atoms with Crippen LogP contribution < -0.4 is 21.3 Å². The van der Waals surface area contributed by atoms with Gasteiger partial charge in [-0.1, -0.05) is 27.7 Å². The van der Waals surface area contributed by atoms with Crippen molar-refractivity contribution in [3.8, 4) is 0 Å². The van der Waals surface area contributed by atoms with E-state index >= 15 is 0 Å². The summed E-state index contributed by atoms with van der Waals surface area (Å²) in [7, 11) is 0. The largest absolute Gasteiger partial charge is 0.347 e. The standard InChI is InChI=1S/C18H40N6O2/c1-7-23(8-2)15(5)19-11-13-21-17(25)18(26)22-14-12-20-16(6)24(9-3)10-4/h15-16,19-20H,7-14H2,1-6H3,(H,21,25)(H,22,26). The van der Waals surface area contributed by atoms with Gasteiger partial charge in [0, 0.05) is 26.2 Å². The van der Waals surface area contributed by atoms with Gasteiger partial charge in [-0.05, 0) is 40.0 Å². The molecule has 8 nitrogen and oxygen atoms in total. The molecule has 26 heavy (non-hydrogen) atoms. The normalized spacial score (nSPS) is 13.7. The maximum absolute atomic E-state index is 11.8. The molecule has 4 N–H and O–H groups in total. The van der Waals surface area contributed by atoms with E-state index in [9.17, 15) is 9.59 Å². The molecule has 0 saturated carbocycles. The van der Waals surface area contributed by atoms with Gasteiger partial charge in [-0.2, -0.15) is 0 Å². The summed E-state index contributed by atoms with van der Waals surface area (Å²) in [6.45, 7) is 18.6. The molecule has 0 saturated heterocycles. The second-order valence-electron chi connectivity index (χ2n) is 6.21. The smallest absolute Gasteiger partial charge is 0.309 e. The Morgan fingerprint density at radius 3 is 1.23 bits per heavy atom. The maximum Gasteiger partial charge on any atom is 0.309 e. The zero-order valence-electron chi connectivity index (χ0n) is 17.5. The van der Waals surface area contributed by atoms with Gasteiger partial charge in [0.25, 0.3) is 0 Å². The summed E-state index contributed by atoms with van der Waals surface area (Å²) < 4.78 is 0. The van der Waals surface area contributed by atoms with E-state index in [0.717, 1.165) is 26.2 Å². The van der Waals surface area contributed by atoms with Crippen LogP contribution in [0.2, 0.25) is 0 Å². The van der Waals surface area contributed by atoms with Crippen LogP contribution in [0.4, 0.5) is 0 Å². The quantitative estimate of drug-likeness (QED) is 0.191. The molecule has 0 aromatic rings. The van der Waals surface area contributed by atoms with Crippen LogP contribution in [0.5, 0.6) is 0 Å². The lowest BCUT2D eigenvalue weighted by Crippen LogP contribution is -2.49. The molecule has 0 heterocycles. The lowest BCUT2D eigenvalue weighted by atomic mass is 10.4. The van der Waals surface area contributed by atoms with E-state index in [4.69, 9.17) is 0 Å². The van der Waals surface area contributed by atoms with Crippen LogP contribution in [0.25, 0.3) is 0 Å². The van der Waals surface area contributed by atoms with Gasteiger partial charge in [0.1, 0.15) is 0 Å². The third kappa shape index (κ3) is 10.1. The molecule has 2 amide bonds. The molecule has 0 radical (unpaired) electrons. The van der Waals surface area contributed by atoms with Crippen LogP contribution in [0, 0.1) is 0 Å². The SMILES string of the molecule is CCN(CC)C(C)NCCNC(=O)C(=O)NCCNC(C)N(CC)CC. The lowest BCUT2D eigenvalue weighted by molar-refractivity contribution is -0.139. The lowest BCUT2D eigenvalue weighted by Gasteiger charge is -2.27. The highest BCUT2D eigenvalue weighted by Crippen LogP contribution is 1.94. The van der Waals surface area contributed by atoms with Crippen molar-refractivity contribution in [1.29, 1.82) is 0 Å². The van der Waals surface area contributed by atoms with Crippen molar-refractivity contribution >= 4 is 11.8 Å². The number of amides is 2. The van der Waals surface area contributed by atoms with Gasteiger partial charge in [0.2, 0.25) is 0 Å². The van der Waals surface area contributed by atoms with E-state index in [2.05, 4.69) is 72.6 Å². The van der Waals surface area contributed by atoms with Crippen molar-refractivity contribution in [2.24, 2.45) is 0 Å². The maximum atomic E-state index is 11.8. The second-order valence-corrected chi connectivity index (χ2v) is 6.21. The van der Waals surface area contributed by atoms with Crippen LogP contribution in [0.15, 0.2) is 0 Å². The van der Waals surface area contributed by atoms with Crippen molar-refractivity contribution < 1.29 is 9.59 Å². The van der Waals surface area contributed by atoms with E-state index in [1.54, 1.807) is 0 Å². The zero-order valence-corrected chi connectivity index (χ0v) is 17.5. The third-order valence-corrected chi connectivity index (χ3v) is 4.63. The second kappa shape index (κ2) is 14.9. The predicted molar refractivity (Wildman–Crippen MR) is 107 cm³/mol. The molecule has 154 valence electrons. The molecule has 2 atom stereocenters. The zero-order chi connectivity index (χ0) is 19.9. The van der Waals surface area contributed by atoms with Crippen molar-refractivity contribution in [1.82, 2.24) is 31.1 Å². The predicted octanol–water partition coefficient (Wildman–Crippen LogP) is -0.226. The van der Waals surface area contributed by atoms with Crippen LogP contribution in [0.3, 0.4) is 0 Å². The Morgan fingerprint density at radius 2 is 0.962 bits per heavy atom. The average Bonchev–Trinajstić information content (AvgIpc) is 2.63. The van der Waals surface area contributed by atoms with Gasteiger partial charge in [-0.15, -0.1) is 0 Å². The van der Waals surface area contributed by atoms with Gasteiger partial charge in [-0.3, -0.25) is 19.4 Å². The Bertz CT molecular complexity index is 350. The molecule has 0 bridgehead atoms. The first-order valence-electron chi connectivity index (χ1n) is 9.91. The number of nitrogens with one attached hydrogen (secondary N) is 4. The first-order chi connectivity index (χ1) is 12.4. The molecular weight excluding hydrogens is 332 g/mol. The van der Waals surface area contributed by atoms with Gasteiger partial charge in [-0.25, -0.2) is 0 Å². The third-order valence-electron chi connectivity index (χ3n) is 4.63. The van der Waals surface area contributed by atoms with E-state index in [0.29, 0.717) is 26.2 Å². The minimum absolute atomic E-state index is 0.245. The number of hydrogen-bond donors (Lipinski definition) is 4. The molecule has 0 aliphatic rings. The summed E-state index contributed by atoms with van der Waals surface area (Å²) >= 11 is 0. The van der Waals surface area contributed by atoms with E-state index in [-0.39, 0.29) is 12.3 Å². The van der Waals surface area contributed by atoms with Gasteiger partial charge in [0.15, 0.2) is 0 Å². The Balaban J connectivity index is 3.85. The highest BCUT2D eigenvalue weighted by atomic mass is 16.2. The Hall–Kier alpha value is -1.22. The fourth-order valence-electron chi connectivity index (χ4n) is 2.88. The summed E-state index contributed by atoms with van der Waals surface area (Å²) in [5.74, 6) is -1.17. The molecule has 2 unspecified atom stereocenters. The number of nitrogens with zero attached hydrogens (tertiary/aromatic N) is 2. The van der Waals surface area contributed by atoms with Crippen molar-refractivity contribution in [3.63, 3.8) is 0 Å². The van der Waals surface area contributed by atoms with Gasteiger partial charge in [0.05, 0.1) is 12.3 Å². The molecule has 0 aromatic heterocycles. The summed E-state index contributed by atoms with van der Waals surface area (Å²) in [6, 6.07) is 0.